The maximum Gasteiger partial charge on any atom is 0.303 e. The molecule has 0 aromatic carbocycles. The number of carbonyl (C=O) groups excluding carboxylic acids is 1. The third-order valence-electron chi connectivity index (χ3n) is 4.27. The van der Waals surface area contributed by atoms with Gasteiger partial charge in [-0.2, -0.15) is 0 Å². The molecule has 0 radical (unpaired) electrons. The number of carbonyl (C=O) groups is 2. The maximum absolute atomic E-state index is 11.6. The lowest BCUT2D eigenvalue weighted by atomic mass is 9.78. The molecule has 0 aliphatic heterocycles. The molecule has 1 aliphatic rings. The summed E-state index contributed by atoms with van der Waals surface area (Å²) in [6, 6.07) is 0. The zero-order chi connectivity index (χ0) is 15.0. The van der Waals surface area contributed by atoms with E-state index in [0.717, 1.165) is 32.1 Å². The second-order valence-corrected chi connectivity index (χ2v) is 5.95. The molecule has 0 atom stereocenters. The molecular formula is C15H27NO4. The van der Waals surface area contributed by atoms with Gasteiger partial charge in [0.15, 0.2) is 0 Å². The van der Waals surface area contributed by atoms with Crippen molar-refractivity contribution in [2.24, 2.45) is 5.92 Å². The van der Waals surface area contributed by atoms with E-state index in [1.807, 2.05) is 0 Å². The number of aliphatic carboxylic acids is 1. The minimum Gasteiger partial charge on any atom is -0.481 e. The minimum absolute atomic E-state index is 0.0959. The highest BCUT2D eigenvalue weighted by Gasteiger charge is 2.32. The topological polar surface area (TPSA) is 86.6 Å². The summed E-state index contributed by atoms with van der Waals surface area (Å²) in [5, 5.41) is 21.7. The van der Waals surface area contributed by atoms with Gasteiger partial charge < -0.3 is 15.5 Å². The number of unbranched alkanes of at least 4 members (excludes halogenated alkanes) is 1. The van der Waals surface area contributed by atoms with Crippen molar-refractivity contribution in [3.63, 3.8) is 0 Å². The van der Waals surface area contributed by atoms with Crippen LogP contribution in [0.15, 0.2) is 0 Å². The van der Waals surface area contributed by atoms with Gasteiger partial charge in [0.05, 0.1) is 5.60 Å². The van der Waals surface area contributed by atoms with Crippen LogP contribution in [0, 0.1) is 5.92 Å². The molecule has 0 heterocycles. The Morgan fingerprint density at radius 1 is 1.20 bits per heavy atom. The van der Waals surface area contributed by atoms with Gasteiger partial charge in [-0.3, -0.25) is 9.59 Å². The van der Waals surface area contributed by atoms with Gasteiger partial charge in [0, 0.05) is 19.4 Å². The fraction of sp³-hybridized carbons (Fsp3) is 0.867. The molecule has 1 saturated carbocycles. The Labute approximate surface area is 120 Å². The Hall–Kier alpha value is -1.10. The summed E-state index contributed by atoms with van der Waals surface area (Å²) in [4.78, 5) is 22.0. The highest BCUT2D eigenvalue weighted by atomic mass is 16.4. The molecule has 116 valence electrons. The third-order valence-corrected chi connectivity index (χ3v) is 4.27. The zero-order valence-electron chi connectivity index (χ0n) is 12.4. The summed E-state index contributed by atoms with van der Waals surface area (Å²) in [6.07, 6.45) is 6.26. The van der Waals surface area contributed by atoms with Crippen LogP contribution in [-0.4, -0.2) is 34.2 Å². The molecule has 0 unspecified atom stereocenters. The molecule has 0 aromatic rings. The van der Waals surface area contributed by atoms with Crippen LogP contribution in [0.1, 0.15) is 64.7 Å². The van der Waals surface area contributed by atoms with E-state index in [2.05, 4.69) is 12.2 Å². The van der Waals surface area contributed by atoms with E-state index < -0.39 is 11.6 Å². The molecule has 0 aromatic heterocycles. The average molecular weight is 285 g/mol. The third kappa shape index (κ3) is 6.37. The molecule has 5 nitrogen and oxygen atoms in total. The normalized spacial score (nSPS) is 26.2. The number of carboxylic acids is 1. The molecule has 0 spiro atoms. The van der Waals surface area contributed by atoms with Crippen LogP contribution in [0.3, 0.4) is 0 Å². The Morgan fingerprint density at radius 2 is 1.80 bits per heavy atom. The quantitative estimate of drug-likeness (QED) is 0.596. The summed E-state index contributed by atoms with van der Waals surface area (Å²) >= 11 is 0. The Bertz CT molecular complexity index is 322. The van der Waals surface area contributed by atoms with Crippen molar-refractivity contribution in [1.82, 2.24) is 5.32 Å². The van der Waals surface area contributed by atoms with Gasteiger partial charge in [0.2, 0.25) is 5.91 Å². The Kier molecular flexibility index (Phi) is 6.99. The van der Waals surface area contributed by atoms with Crippen molar-refractivity contribution in [1.29, 1.82) is 0 Å². The van der Waals surface area contributed by atoms with Crippen LogP contribution in [-0.2, 0) is 9.59 Å². The van der Waals surface area contributed by atoms with Crippen LogP contribution >= 0.6 is 0 Å². The fourth-order valence-corrected chi connectivity index (χ4v) is 2.71. The minimum atomic E-state index is -0.826. The highest BCUT2D eigenvalue weighted by molar-refractivity contribution is 5.76. The van der Waals surface area contributed by atoms with E-state index >= 15 is 0 Å². The maximum atomic E-state index is 11.6. The SMILES string of the molecule is CCC1CCC(O)(CNC(=O)CCCCC(=O)O)CC1. The van der Waals surface area contributed by atoms with Crippen LogP contribution < -0.4 is 5.32 Å². The zero-order valence-corrected chi connectivity index (χ0v) is 12.4. The molecule has 1 aliphatic carbocycles. The summed E-state index contributed by atoms with van der Waals surface area (Å²) in [6.45, 7) is 2.50. The van der Waals surface area contributed by atoms with Crippen LogP contribution in [0.5, 0.6) is 0 Å². The van der Waals surface area contributed by atoms with E-state index in [1.54, 1.807) is 0 Å². The highest BCUT2D eigenvalue weighted by Crippen LogP contribution is 2.33. The fourth-order valence-electron chi connectivity index (χ4n) is 2.71. The van der Waals surface area contributed by atoms with Gasteiger partial charge in [-0.25, -0.2) is 0 Å². The van der Waals surface area contributed by atoms with Gasteiger partial charge in [-0.1, -0.05) is 13.3 Å². The first-order valence-corrected chi connectivity index (χ1v) is 7.66. The van der Waals surface area contributed by atoms with Crippen LogP contribution in [0.2, 0.25) is 0 Å². The molecule has 1 fully saturated rings. The first kappa shape index (κ1) is 17.0. The molecule has 20 heavy (non-hydrogen) atoms. The lowest BCUT2D eigenvalue weighted by molar-refractivity contribution is -0.137. The molecule has 3 N–H and O–H groups in total. The number of aliphatic hydroxyl groups is 1. The van der Waals surface area contributed by atoms with Crippen molar-refractivity contribution in [2.45, 2.75) is 70.3 Å². The van der Waals surface area contributed by atoms with Crippen molar-refractivity contribution >= 4 is 11.9 Å². The summed E-state index contributed by atoms with van der Waals surface area (Å²) < 4.78 is 0. The van der Waals surface area contributed by atoms with Crippen molar-refractivity contribution in [3.05, 3.63) is 0 Å². The summed E-state index contributed by atoms with van der Waals surface area (Å²) in [7, 11) is 0. The monoisotopic (exact) mass is 285 g/mol. The summed E-state index contributed by atoms with van der Waals surface area (Å²) in [5.41, 5.74) is -0.748. The standard InChI is InChI=1S/C15H27NO4/c1-2-12-7-9-15(20,10-8-12)11-16-13(17)5-3-4-6-14(18)19/h12,20H,2-11H2,1H3,(H,16,17)(H,18,19). The number of amides is 1. The average Bonchev–Trinajstić information content (AvgIpc) is 2.42. The van der Waals surface area contributed by atoms with Crippen molar-refractivity contribution < 1.29 is 19.8 Å². The van der Waals surface area contributed by atoms with Crippen LogP contribution in [0.25, 0.3) is 0 Å². The van der Waals surface area contributed by atoms with Crippen LogP contribution in [0.4, 0.5) is 0 Å². The number of hydrogen-bond acceptors (Lipinski definition) is 3. The predicted molar refractivity (Wildman–Crippen MR) is 76.3 cm³/mol. The lowest BCUT2D eigenvalue weighted by Crippen LogP contribution is -2.45. The lowest BCUT2D eigenvalue weighted by Gasteiger charge is -2.35. The van der Waals surface area contributed by atoms with E-state index in [4.69, 9.17) is 5.11 Å². The van der Waals surface area contributed by atoms with Gasteiger partial charge in [-0.05, 0) is 44.4 Å². The van der Waals surface area contributed by atoms with Crippen molar-refractivity contribution in [2.75, 3.05) is 6.54 Å². The molecule has 5 heteroatoms. The molecule has 0 saturated heterocycles. The first-order chi connectivity index (χ1) is 9.45. The van der Waals surface area contributed by atoms with Gasteiger partial charge in [0.1, 0.15) is 0 Å². The second-order valence-electron chi connectivity index (χ2n) is 5.95. The smallest absolute Gasteiger partial charge is 0.303 e. The van der Waals surface area contributed by atoms with Gasteiger partial charge >= 0.3 is 5.97 Å². The van der Waals surface area contributed by atoms with Crippen molar-refractivity contribution in [3.8, 4) is 0 Å². The number of carboxylic acid groups (broad SMARTS) is 1. The largest absolute Gasteiger partial charge is 0.481 e. The van der Waals surface area contributed by atoms with E-state index in [9.17, 15) is 14.7 Å². The number of nitrogens with one attached hydrogen (secondary N) is 1. The van der Waals surface area contributed by atoms with Gasteiger partial charge in [0.25, 0.3) is 0 Å². The summed E-state index contributed by atoms with van der Waals surface area (Å²) in [5.74, 6) is -0.212. The number of rotatable bonds is 8. The first-order valence-electron chi connectivity index (χ1n) is 7.66. The molecule has 1 rings (SSSR count). The van der Waals surface area contributed by atoms with E-state index in [0.29, 0.717) is 31.7 Å². The van der Waals surface area contributed by atoms with Gasteiger partial charge in [-0.15, -0.1) is 0 Å². The molecule has 0 bridgehead atoms. The predicted octanol–water partition coefficient (Wildman–Crippen LogP) is 2.08. The molecular weight excluding hydrogens is 258 g/mol. The Morgan fingerprint density at radius 3 is 2.35 bits per heavy atom. The molecule has 1 amide bonds. The van der Waals surface area contributed by atoms with E-state index in [1.165, 1.54) is 0 Å². The van der Waals surface area contributed by atoms with E-state index in [-0.39, 0.29) is 12.3 Å². The second kappa shape index (κ2) is 8.25. The Balaban J connectivity index is 2.15. The number of hydrogen-bond donors (Lipinski definition) is 3.